The fourth-order valence-electron chi connectivity index (χ4n) is 0.968. The van der Waals surface area contributed by atoms with Crippen LogP contribution in [0.5, 0.6) is 0 Å². The molecule has 1 saturated heterocycles. The van der Waals surface area contributed by atoms with E-state index < -0.39 is 0 Å². The third-order valence-corrected chi connectivity index (χ3v) is 1.82. The largest absolute Gasteiger partial charge is 0.367 e. The summed E-state index contributed by atoms with van der Waals surface area (Å²) >= 11 is 5.77. The van der Waals surface area contributed by atoms with Crippen LogP contribution in [0.2, 0.25) is 0 Å². The van der Waals surface area contributed by atoms with E-state index in [9.17, 15) is 4.79 Å². The van der Waals surface area contributed by atoms with Gasteiger partial charge in [-0.25, -0.2) is 0 Å². The Balaban J connectivity index is 2.33. The van der Waals surface area contributed by atoms with E-state index in [4.69, 9.17) is 16.4 Å². The van der Waals surface area contributed by atoms with Gasteiger partial charge in [-0.1, -0.05) is 0 Å². The molecule has 0 saturated carbocycles. The molecule has 0 N–H and O–H groups in total. The van der Waals surface area contributed by atoms with Gasteiger partial charge in [0, 0.05) is 13.5 Å². The van der Waals surface area contributed by atoms with E-state index in [1.807, 2.05) is 0 Å². The standard InChI is InChI=1S/C6H10ClNO2/c1-5(9)10-8-4-2-3-6(8)7/h6H,2-4H2,1H3. The summed E-state index contributed by atoms with van der Waals surface area (Å²) in [5.74, 6) is -0.299. The molecule has 1 rings (SSSR count). The maximum atomic E-state index is 10.4. The van der Waals surface area contributed by atoms with Crippen LogP contribution in [0, 0.1) is 0 Å². The molecule has 1 aliphatic rings. The number of carbonyl (C=O) groups excluding carboxylic acids is 1. The molecule has 4 heteroatoms. The van der Waals surface area contributed by atoms with Crippen LogP contribution < -0.4 is 0 Å². The molecule has 1 heterocycles. The number of halogens is 1. The lowest BCUT2D eigenvalue weighted by atomic mass is 10.4. The lowest BCUT2D eigenvalue weighted by Gasteiger charge is -2.16. The summed E-state index contributed by atoms with van der Waals surface area (Å²) in [7, 11) is 0. The van der Waals surface area contributed by atoms with Crippen molar-refractivity contribution < 1.29 is 9.63 Å². The van der Waals surface area contributed by atoms with E-state index in [0.29, 0.717) is 0 Å². The molecule has 1 aliphatic heterocycles. The first-order chi connectivity index (χ1) is 4.70. The minimum absolute atomic E-state index is 0.121. The van der Waals surface area contributed by atoms with Crippen molar-refractivity contribution in [3.05, 3.63) is 0 Å². The van der Waals surface area contributed by atoms with Gasteiger partial charge >= 0.3 is 5.97 Å². The molecule has 1 atom stereocenters. The predicted molar refractivity (Wildman–Crippen MR) is 37.3 cm³/mol. The molecule has 0 aliphatic carbocycles. The Hall–Kier alpha value is -0.280. The second kappa shape index (κ2) is 3.21. The Morgan fingerprint density at radius 1 is 1.80 bits per heavy atom. The minimum Gasteiger partial charge on any atom is -0.367 e. The van der Waals surface area contributed by atoms with Gasteiger partial charge in [-0.15, -0.1) is 16.7 Å². The van der Waals surface area contributed by atoms with Crippen molar-refractivity contribution in [2.24, 2.45) is 0 Å². The smallest absolute Gasteiger partial charge is 0.322 e. The van der Waals surface area contributed by atoms with Crippen molar-refractivity contribution in [3.63, 3.8) is 0 Å². The molecule has 0 radical (unpaired) electrons. The molecule has 10 heavy (non-hydrogen) atoms. The second-order valence-corrected chi connectivity index (χ2v) is 2.80. The number of hydroxylamine groups is 2. The minimum atomic E-state index is -0.299. The van der Waals surface area contributed by atoms with Gasteiger partial charge in [0.05, 0.1) is 0 Å². The molecule has 1 unspecified atom stereocenters. The topological polar surface area (TPSA) is 29.5 Å². The summed E-state index contributed by atoms with van der Waals surface area (Å²) in [6.07, 6.45) is 1.90. The van der Waals surface area contributed by atoms with Crippen LogP contribution in [0.15, 0.2) is 0 Å². The molecule has 0 amide bonds. The van der Waals surface area contributed by atoms with Gasteiger partial charge < -0.3 is 4.84 Å². The highest BCUT2D eigenvalue weighted by Gasteiger charge is 2.24. The first-order valence-electron chi connectivity index (χ1n) is 3.29. The molecule has 58 valence electrons. The fourth-order valence-corrected chi connectivity index (χ4v) is 1.26. The summed E-state index contributed by atoms with van der Waals surface area (Å²) in [6.45, 7) is 2.13. The highest BCUT2D eigenvalue weighted by atomic mass is 35.5. The zero-order valence-electron chi connectivity index (χ0n) is 5.84. The van der Waals surface area contributed by atoms with Crippen LogP contribution in [0.25, 0.3) is 0 Å². The summed E-state index contributed by atoms with van der Waals surface area (Å²) in [6, 6.07) is 0. The third kappa shape index (κ3) is 1.85. The number of rotatable bonds is 1. The Morgan fingerprint density at radius 2 is 2.50 bits per heavy atom. The highest BCUT2D eigenvalue weighted by Crippen LogP contribution is 2.20. The van der Waals surface area contributed by atoms with Crippen molar-refractivity contribution in [3.8, 4) is 0 Å². The predicted octanol–water partition coefficient (Wildman–Crippen LogP) is 1.13. The zero-order valence-corrected chi connectivity index (χ0v) is 6.60. The van der Waals surface area contributed by atoms with Gasteiger partial charge in [0.2, 0.25) is 0 Å². The quantitative estimate of drug-likeness (QED) is 0.429. The van der Waals surface area contributed by atoms with Gasteiger partial charge in [-0.05, 0) is 12.8 Å². The molecule has 0 aromatic carbocycles. The summed E-state index contributed by atoms with van der Waals surface area (Å²) < 4.78 is 0. The Morgan fingerprint density at radius 3 is 2.90 bits per heavy atom. The lowest BCUT2D eigenvalue weighted by molar-refractivity contribution is -0.185. The van der Waals surface area contributed by atoms with Gasteiger partial charge in [-0.3, -0.25) is 4.79 Å². The first-order valence-corrected chi connectivity index (χ1v) is 3.73. The summed E-state index contributed by atoms with van der Waals surface area (Å²) in [4.78, 5) is 15.2. The van der Waals surface area contributed by atoms with E-state index in [-0.39, 0.29) is 11.5 Å². The molecular formula is C6H10ClNO2. The SMILES string of the molecule is CC(=O)ON1CCCC1Cl. The van der Waals surface area contributed by atoms with Gasteiger partial charge in [-0.2, -0.15) is 0 Å². The van der Waals surface area contributed by atoms with Crippen LogP contribution in [0.1, 0.15) is 19.8 Å². The number of hydrogen-bond donors (Lipinski definition) is 0. The van der Waals surface area contributed by atoms with Gasteiger partial charge in [0.25, 0.3) is 0 Å². The molecule has 0 aromatic heterocycles. The Bertz CT molecular complexity index is 140. The van der Waals surface area contributed by atoms with Crippen molar-refractivity contribution in [1.29, 1.82) is 0 Å². The first kappa shape index (κ1) is 7.82. The molecule has 1 fully saturated rings. The van der Waals surface area contributed by atoms with Crippen LogP contribution >= 0.6 is 11.6 Å². The van der Waals surface area contributed by atoms with Crippen LogP contribution in [0.3, 0.4) is 0 Å². The van der Waals surface area contributed by atoms with Crippen molar-refractivity contribution >= 4 is 17.6 Å². The average molecular weight is 164 g/mol. The Labute approximate surface area is 64.9 Å². The zero-order chi connectivity index (χ0) is 7.56. The van der Waals surface area contributed by atoms with Crippen LogP contribution in [-0.4, -0.2) is 23.1 Å². The van der Waals surface area contributed by atoms with Gasteiger partial charge in [0.1, 0.15) is 5.50 Å². The fraction of sp³-hybridized carbons (Fsp3) is 0.833. The summed E-state index contributed by atoms with van der Waals surface area (Å²) in [5, 5.41) is 1.52. The molecule has 3 nitrogen and oxygen atoms in total. The van der Waals surface area contributed by atoms with Crippen LogP contribution in [-0.2, 0) is 9.63 Å². The monoisotopic (exact) mass is 163 g/mol. The highest BCUT2D eigenvalue weighted by molar-refractivity contribution is 6.20. The summed E-state index contributed by atoms with van der Waals surface area (Å²) in [5.41, 5.74) is -0.121. The maximum Gasteiger partial charge on any atom is 0.322 e. The van der Waals surface area contributed by atoms with Crippen molar-refractivity contribution in [1.82, 2.24) is 5.06 Å². The van der Waals surface area contributed by atoms with Crippen LogP contribution in [0.4, 0.5) is 0 Å². The number of hydrogen-bond acceptors (Lipinski definition) is 3. The van der Waals surface area contributed by atoms with Crippen molar-refractivity contribution in [2.45, 2.75) is 25.3 Å². The van der Waals surface area contributed by atoms with E-state index in [2.05, 4.69) is 0 Å². The Kier molecular flexibility index (Phi) is 2.51. The molecular weight excluding hydrogens is 154 g/mol. The maximum absolute atomic E-state index is 10.4. The third-order valence-electron chi connectivity index (χ3n) is 1.38. The molecule has 0 bridgehead atoms. The van der Waals surface area contributed by atoms with Gasteiger partial charge in [0.15, 0.2) is 0 Å². The number of nitrogens with zero attached hydrogens (tertiary/aromatic N) is 1. The number of carbonyl (C=O) groups is 1. The normalized spacial score (nSPS) is 26.8. The molecule has 0 aromatic rings. The second-order valence-electron chi connectivity index (χ2n) is 2.30. The lowest BCUT2D eigenvalue weighted by Crippen LogP contribution is -2.27. The average Bonchev–Trinajstić information content (AvgIpc) is 2.15. The molecule has 0 spiro atoms. The number of alkyl halides is 1. The van der Waals surface area contributed by atoms with E-state index in [1.54, 1.807) is 0 Å². The van der Waals surface area contributed by atoms with E-state index in [1.165, 1.54) is 12.0 Å². The van der Waals surface area contributed by atoms with Crippen molar-refractivity contribution in [2.75, 3.05) is 6.54 Å². The van der Waals surface area contributed by atoms with E-state index in [0.717, 1.165) is 19.4 Å². The van der Waals surface area contributed by atoms with E-state index >= 15 is 0 Å².